The first-order chi connectivity index (χ1) is 10.4. The van der Waals surface area contributed by atoms with E-state index in [1.165, 1.54) is 43.3 Å². The molecule has 0 saturated carbocycles. The molecule has 114 valence electrons. The second kappa shape index (κ2) is 5.79. The van der Waals surface area contributed by atoms with Crippen molar-refractivity contribution >= 4 is 6.03 Å². The highest BCUT2D eigenvalue weighted by molar-refractivity contribution is 5.72. The van der Waals surface area contributed by atoms with Gasteiger partial charge in [0.15, 0.2) is 5.54 Å². The van der Waals surface area contributed by atoms with Crippen LogP contribution in [0.25, 0.3) is 0 Å². The Hall–Kier alpha value is -2.98. The first-order valence-corrected chi connectivity index (χ1v) is 6.17. The molecule has 1 heterocycles. The van der Waals surface area contributed by atoms with Crippen LogP contribution in [0, 0.1) is 18.2 Å². The summed E-state index contributed by atoms with van der Waals surface area (Å²) in [6, 6.07) is 7.05. The van der Waals surface area contributed by atoms with E-state index in [-0.39, 0.29) is 16.8 Å². The molecule has 1 aromatic heterocycles. The third-order valence-corrected chi connectivity index (χ3v) is 3.01. The summed E-state index contributed by atoms with van der Waals surface area (Å²) in [6.07, 6.45) is 5.35. The third kappa shape index (κ3) is 2.87. The molecule has 0 bridgehead atoms. The topological polar surface area (TPSA) is 88.9 Å². The van der Waals surface area contributed by atoms with E-state index in [2.05, 4.69) is 5.92 Å². The van der Waals surface area contributed by atoms with Crippen molar-refractivity contribution in [3.63, 3.8) is 0 Å². The minimum absolute atomic E-state index is 0.0564. The highest BCUT2D eigenvalue weighted by Gasteiger charge is 2.37. The number of primary amides is 1. The summed E-state index contributed by atoms with van der Waals surface area (Å²) in [7, 11) is 0. The van der Waals surface area contributed by atoms with E-state index in [0.29, 0.717) is 5.75 Å². The fraction of sp³-hybridized carbons (Fsp3) is 0.133. The molecule has 22 heavy (non-hydrogen) atoms. The van der Waals surface area contributed by atoms with Gasteiger partial charge in [-0.05, 0) is 37.3 Å². The smallest absolute Gasteiger partial charge is 0.340 e. The van der Waals surface area contributed by atoms with Crippen molar-refractivity contribution in [3.8, 4) is 24.0 Å². The maximum atomic E-state index is 12.8. The van der Waals surface area contributed by atoms with Crippen LogP contribution < -0.4 is 10.5 Å². The average molecular weight is 304 g/mol. The van der Waals surface area contributed by atoms with Gasteiger partial charge in [-0.2, -0.15) is 5.06 Å². The van der Waals surface area contributed by atoms with Crippen LogP contribution in [0.5, 0.6) is 11.7 Å². The minimum atomic E-state index is -1.59. The number of amides is 2. The van der Waals surface area contributed by atoms with Gasteiger partial charge in [-0.25, -0.2) is 9.18 Å². The number of hydrogen-bond donors (Lipinski definition) is 2. The van der Waals surface area contributed by atoms with E-state index < -0.39 is 17.4 Å². The Bertz CT molecular complexity index is 720. The van der Waals surface area contributed by atoms with E-state index in [9.17, 15) is 14.4 Å². The van der Waals surface area contributed by atoms with Gasteiger partial charge in [0.1, 0.15) is 17.3 Å². The number of terminal acetylenes is 1. The zero-order valence-corrected chi connectivity index (χ0v) is 11.6. The molecule has 2 amide bonds. The van der Waals surface area contributed by atoms with Gasteiger partial charge < -0.3 is 14.9 Å². The molecule has 6 nitrogen and oxygen atoms in total. The summed E-state index contributed by atoms with van der Waals surface area (Å²) < 4.78 is 23.6. The lowest BCUT2D eigenvalue weighted by atomic mass is 10.0. The summed E-state index contributed by atoms with van der Waals surface area (Å²) in [6.45, 7) is 1.37. The molecule has 1 aromatic carbocycles. The Morgan fingerprint density at radius 3 is 2.59 bits per heavy atom. The van der Waals surface area contributed by atoms with Gasteiger partial charge in [-0.15, -0.1) is 6.42 Å². The monoisotopic (exact) mass is 304 g/mol. The number of carbonyl (C=O) groups excluding carboxylic acids is 1. The molecule has 7 heteroatoms. The van der Waals surface area contributed by atoms with Crippen molar-refractivity contribution < 1.29 is 23.5 Å². The zero-order chi connectivity index (χ0) is 16.3. The number of nitrogens with zero attached hydrogens (tertiary/aromatic N) is 1. The van der Waals surface area contributed by atoms with Gasteiger partial charge in [0, 0.05) is 6.07 Å². The van der Waals surface area contributed by atoms with Crippen LogP contribution in [0.3, 0.4) is 0 Å². The van der Waals surface area contributed by atoms with Crippen molar-refractivity contribution in [1.29, 1.82) is 0 Å². The number of urea groups is 1. The van der Waals surface area contributed by atoms with Crippen LogP contribution in [0.4, 0.5) is 9.18 Å². The minimum Gasteiger partial charge on any atom is -0.427 e. The van der Waals surface area contributed by atoms with Gasteiger partial charge in [-0.3, -0.25) is 5.21 Å². The first-order valence-electron chi connectivity index (χ1n) is 6.17. The number of carbonyl (C=O) groups is 1. The van der Waals surface area contributed by atoms with E-state index in [1.807, 2.05) is 0 Å². The second-order valence-corrected chi connectivity index (χ2v) is 4.54. The summed E-state index contributed by atoms with van der Waals surface area (Å²) in [5, 5.41) is 9.89. The lowest BCUT2D eigenvalue weighted by Crippen LogP contribution is -2.46. The number of hydroxylamine groups is 2. The van der Waals surface area contributed by atoms with Gasteiger partial charge >= 0.3 is 6.03 Å². The molecule has 2 rings (SSSR count). The number of rotatable bonds is 4. The SMILES string of the molecule is C#C[C@](C)(c1ccc(Oc2ccc(F)cc2)o1)N(O)C(N)=O. The van der Waals surface area contributed by atoms with E-state index in [4.69, 9.17) is 21.3 Å². The molecule has 0 radical (unpaired) electrons. The Morgan fingerprint density at radius 2 is 2.05 bits per heavy atom. The quantitative estimate of drug-likeness (QED) is 0.516. The third-order valence-electron chi connectivity index (χ3n) is 3.01. The van der Waals surface area contributed by atoms with Crippen molar-refractivity contribution in [2.75, 3.05) is 0 Å². The zero-order valence-electron chi connectivity index (χ0n) is 11.6. The normalized spacial score (nSPS) is 13.0. The maximum absolute atomic E-state index is 12.8. The predicted molar refractivity (Wildman–Crippen MR) is 74.6 cm³/mol. The first kappa shape index (κ1) is 15.4. The van der Waals surface area contributed by atoms with Gasteiger partial charge in [0.25, 0.3) is 5.95 Å². The molecule has 0 aliphatic carbocycles. The second-order valence-electron chi connectivity index (χ2n) is 4.54. The van der Waals surface area contributed by atoms with Gasteiger partial charge in [0.05, 0.1) is 0 Å². The van der Waals surface area contributed by atoms with Crippen LogP contribution in [-0.4, -0.2) is 16.3 Å². The predicted octanol–water partition coefficient (Wildman–Crippen LogP) is 2.83. The van der Waals surface area contributed by atoms with Gasteiger partial charge in [0.2, 0.25) is 0 Å². The number of benzene rings is 1. The molecule has 0 fully saturated rings. The standard InChI is InChI=1S/C15H13FN2O4/c1-3-15(2,18(20)14(17)19)12-8-9-13(22-12)21-11-6-4-10(16)5-7-11/h1,4-9,20H,2H3,(H2,17,19)/t15-/m1/s1. The summed E-state index contributed by atoms with van der Waals surface area (Å²) in [5.74, 6) is 2.32. The Morgan fingerprint density at radius 1 is 1.41 bits per heavy atom. The molecule has 0 saturated heterocycles. The van der Waals surface area contributed by atoms with Crippen molar-refractivity contribution in [3.05, 3.63) is 48.0 Å². The highest BCUT2D eigenvalue weighted by Crippen LogP contribution is 2.32. The number of ether oxygens (including phenoxy) is 1. The van der Waals surface area contributed by atoms with Crippen LogP contribution >= 0.6 is 0 Å². The van der Waals surface area contributed by atoms with Crippen molar-refractivity contribution in [1.82, 2.24) is 5.06 Å². The Kier molecular flexibility index (Phi) is 4.06. The maximum Gasteiger partial charge on any atom is 0.340 e. The van der Waals surface area contributed by atoms with Crippen LogP contribution in [0.15, 0.2) is 40.8 Å². The van der Waals surface area contributed by atoms with Crippen molar-refractivity contribution in [2.24, 2.45) is 5.73 Å². The van der Waals surface area contributed by atoms with Crippen LogP contribution in [0.2, 0.25) is 0 Å². The molecule has 1 atom stereocenters. The number of hydrogen-bond acceptors (Lipinski definition) is 4. The van der Waals surface area contributed by atoms with Crippen LogP contribution in [-0.2, 0) is 5.54 Å². The molecule has 0 aliphatic rings. The number of furan rings is 1. The van der Waals surface area contributed by atoms with E-state index in [1.54, 1.807) is 0 Å². The summed E-state index contributed by atoms with van der Waals surface area (Å²) in [4.78, 5) is 11.1. The van der Waals surface area contributed by atoms with E-state index >= 15 is 0 Å². The van der Waals surface area contributed by atoms with Crippen LogP contribution in [0.1, 0.15) is 12.7 Å². The lowest BCUT2D eigenvalue weighted by molar-refractivity contribution is -0.105. The fourth-order valence-electron chi connectivity index (χ4n) is 1.71. The number of halogens is 1. The Balaban J connectivity index is 2.25. The van der Waals surface area contributed by atoms with E-state index in [0.717, 1.165) is 0 Å². The molecule has 0 unspecified atom stereocenters. The molecule has 3 N–H and O–H groups in total. The van der Waals surface area contributed by atoms with Gasteiger partial charge in [-0.1, -0.05) is 5.92 Å². The summed E-state index contributed by atoms with van der Waals surface area (Å²) >= 11 is 0. The van der Waals surface area contributed by atoms with Crippen molar-refractivity contribution in [2.45, 2.75) is 12.5 Å². The molecular weight excluding hydrogens is 291 g/mol. The lowest BCUT2D eigenvalue weighted by Gasteiger charge is -2.28. The largest absolute Gasteiger partial charge is 0.427 e. The average Bonchev–Trinajstić information content (AvgIpc) is 2.97. The molecule has 2 aromatic rings. The molecular formula is C15H13FN2O4. The fourth-order valence-corrected chi connectivity index (χ4v) is 1.71. The number of nitrogens with two attached hydrogens (primary N) is 1. The molecule has 0 aliphatic heterocycles. The molecule has 0 spiro atoms. The Labute approximate surface area is 125 Å². The summed E-state index contributed by atoms with van der Waals surface area (Å²) in [5.41, 5.74) is 3.43. The highest BCUT2D eigenvalue weighted by atomic mass is 19.1.